The number of carbonyl (C=O) groups excluding carboxylic acids is 3. The number of benzene rings is 4. The molecule has 4 aliphatic rings. The van der Waals surface area contributed by atoms with Crippen LogP contribution in [0.15, 0.2) is 72.8 Å². The third-order valence-corrected chi connectivity index (χ3v) is 8.10. The Kier molecular flexibility index (Phi) is 4.23. The summed E-state index contributed by atoms with van der Waals surface area (Å²) in [4.78, 5) is 41.0. The van der Waals surface area contributed by atoms with Gasteiger partial charge in [-0.1, -0.05) is 72.8 Å². The molecular formula is C30H23NO4. The zero-order valence-electron chi connectivity index (χ0n) is 19.2. The molecule has 1 fully saturated rings. The van der Waals surface area contributed by atoms with Crippen LogP contribution in [0, 0.1) is 11.8 Å². The summed E-state index contributed by atoms with van der Waals surface area (Å²) < 4.78 is 5.08. The van der Waals surface area contributed by atoms with E-state index in [4.69, 9.17) is 4.74 Å². The second-order valence-electron chi connectivity index (χ2n) is 9.65. The summed E-state index contributed by atoms with van der Waals surface area (Å²) >= 11 is 0. The third-order valence-electron chi connectivity index (χ3n) is 8.10. The molecule has 0 radical (unpaired) electrons. The Morgan fingerprint density at radius 1 is 0.743 bits per heavy atom. The lowest BCUT2D eigenvalue weighted by molar-refractivity contribution is -0.152. The maximum Gasteiger partial charge on any atom is 0.326 e. The fraction of sp³-hybridized carbons (Fsp3) is 0.233. The fourth-order valence-corrected chi connectivity index (χ4v) is 6.89. The summed E-state index contributed by atoms with van der Waals surface area (Å²) in [6.45, 7) is 1.60. The van der Waals surface area contributed by atoms with Gasteiger partial charge in [0, 0.05) is 11.8 Å². The molecule has 2 amide bonds. The van der Waals surface area contributed by atoms with Crippen LogP contribution >= 0.6 is 0 Å². The van der Waals surface area contributed by atoms with Crippen molar-refractivity contribution in [3.8, 4) is 0 Å². The van der Waals surface area contributed by atoms with Crippen molar-refractivity contribution in [1.82, 2.24) is 4.90 Å². The average Bonchev–Trinajstić information content (AvgIpc) is 3.14. The molecule has 5 heteroatoms. The zero-order chi connectivity index (χ0) is 23.8. The van der Waals surface area contributed by atoms with Gasteiger partial charge < -0.3 is 4.74 Å². The van der Waals surface area contributed by atoms with Crippen molar-refractivity contribution in [3.63, 3.8) is 0 Å². The van der Waals surface area contributed by atoms with Crippen LogP contribution in [0.2, 0.25) is 0 Å². The Morgan fingerprint density at radius 3 is 1.71 bits per heavy atom. The molecule has 5 nitrogen and oxygen atoms in total. The lowest BCUT2D eigenvalue weighted by atomic mass is 9.53. The summed E-state index contributed by atoms with van der Waals surface area (Å²) in [6.07, 6.45) is 0. The Labute approximate surface area is 202 Å². The molecule has 0 N–H and O–H groups in total. The van der Waals surface area contributed by atoms with Gasteiger partial charge in [-0.15, -0.1) is 0 Å². The van der Waals surface area contributed by atoms with Crippen LogP contribution in [-0.2, 0) is 19.1 Å². The molecule has 1 heterocycles. The van der Waals surface area contributed by atoms with Crippen molar-refractivity contribution in [2.45, 2.75) is 18.8 Å². The van der Waals surface area contributed by atoms with Gasteiger partial charge in [-0.3, -0.25) is 19.3 Å². The maximum atomic E-state index is 13.8. The molecule has 4 aromatic carbocycles. The van der Waals surface area contributed by atoms with Crippen molar-refractivity contribution >= 4 is 39.3 Å². The second kappa shape index (κ2) is 7.25. The second-order valence-corrected chi connectivity index (χ2v) is 9.65. The first-order valence-corrected chi connectivity index (χ1v) is 12.1. The van der Waals surface area contributed by atoms with Gasteiger partial charge >= 0.3 is 5.97 Å². The third kappa shape index (κ3) is 2.61. The smallest absolute Gasteiger partial charge is 0.326 e. The number of carbonyl (C=O) groups is 3. The van der Waals surface area contributed by atoms with Gasteiger partial charge in [-0.05, 0) is 50.7 Å². The Morgan fingerprint density at radius 2 is 1.23 bits per heavy atom. The Bertz CT molecular complexity index is 1480. The lowest BCUT2D eigenvalue weighted by Crippen LogP contribution is -2.41. The summed E-state index contributed by atoms with van der Waals surface area (Å²) in [5.74, 6) is -2.60. The minimum atomic E-state index is -0.550. The van der Waals surface area contributed by atoms with Crippen LogP contribution in [0.4, 0.5) is 0 Å². The molecule has 1 aliphatic heterocycles. The van der Waals surface area contributed by atoms with Crippen molar-refractivity contribution in [2.24, 2.45) is 11.8 Å². The number of ether oxygens (including phenoxy) is 1. The Hall–Kier alpha value is -3.99. The van der Waals surface area contributed by atoms with Crippen LogP contribution in [0.25, 0.3) is 21.5 Å². The molecule has 1 saturated heterocycles. The first-order valence-electron chi connectivity index (χ1n) is 12.1. The van der Waals surface area contributed by atoms with Crippen molar-refractivity contribution in [3.05, 3.63) is 95.1 Å². The number of hydrogen-bond acceptors (Lipinski definition) is 4. The van der Waals surface area contributed by atoms with E-state index in [0.717, 1.165) is 48.7 Å². The van der Waals surface area contributed by atoms with Gasteiger partial charge in [-0.25, -0.2) is 0 Å². The van der Waals surface area contributed by atoms with Gasteiger partial charge in [0.2, 0.25) is 11.8 Å². The van der Waals surface area contributed by atoms with E-state index in [2.05, 4.69) is 48.5 Å². The van der Waals surface area contributed by atoms with Gasteiger partial charge in [0.1, 0.15) is 6.54 Å². The first kappa shape index (κ1) is 20.4. The molecule has 2 bridgehead atoms. The van der Waals surface area contributed by atoms with E-state index < -0.39 is 17.8 Å². The molecule has 4 unspecified atom stereocenters. The molecule has 35 heavy (non-hydrogen) atoms. The van der Waals surface area contributed by atoms with E-state index in [1.807, 2.05) is 24.3 Å². The van der Waals surface area contributed by atoms with Gasteiger partial charge in [0.05, 0.1) is 18.4 Å². The largest absolute Gasteiger partial charge is 0.465 e. The minimum Gasteiger partial charge on any atom is -0.465 e. The quantitative estimate of drug-likeness (QED) is 0.326. The van der Waals surface area contributed by atoms with E-state index in [9.17, 15) is 14.4 Å². The van der Waals surface area contributed by atoms with Crippen LogP contribution in [-0.4, -0.2) is 35.8 Å². The van der Waals surface area contributed by atoms with Crippen molar-refractivity contribution < 1.29 is 19.1 Å². The molecule has 8 rings (SSSR count). The number of fused-ring (bicyclic) bond motifs is 2. The number of amides is 2. The number of hydrogen-bond donors (Lipinski definition) is 0. The van der Waals surface area contributed by atoms with Crippen LogP contribution in [0.5, 0.6) is 0 Å². The standard InChI is InChI=1S/C30H23NO4/c1-2-35-22(32)15-31-29(33)27-25-21-14-12-17-8-4-6-10-19(17)24(21)26(28(27)30(31)34)20-13-11-16-7-3-5-9-18(16)23(20)25/h3-14,25-28H,2,15H2,1H3. The van der Waals surface area contributed by atoms with Gasteiger partial charge in [0.15, 0.2) is 0 Å². The highest BCUT2D eigenvalue weighted by Gasteiger charge is 2.62. The topological polar surface area (TPSA) is 63.7 Å². The highest BCUT2D eigenvalue weighted by molar-refractivity contribution is 6.10. The summed E-state index contributed by atoms with van der Waals surface area (Å²) in [6, 6.07) is 25.0. The van der Waals surface area contributed by atoms with E-state index in [-0.39, 0.29) is 36.8 Å². The normalized spacial score (nSPS) is 24.0. The van der Waals surface area contributed by atoms with Gasteiger partial charge in [-0.2, -0.15) is 0 Å². The van der Waals surface area contributed by atoms with E-state index in [0.29, 0.717) is 0 Å². The summed E-state index contributed by atoms with van der Waals surface area (Å²) in [7, 11) is 0. The molecule has 4 aromatic rings. The fourth-order valence-electron chi connectivity index (χ4n) is 6.89. The SMILES string of the molecule is CCOC(=O)CN1C(=O)C2C3c4ccc5ccccc5c4C(c4ccc5ccccc5c43)C2C1=O. The number of rotatable bonds is 3. The molecule has 172 valence electrons. The van der Waals surface area contributed by atoms with Crippen molar-refractivity contribution in [1.29, 1.82) is 0 Å². The molecule has 4 atom stereocenters. The van der Waals surface area contributed by atoms with Gasteiger partial charge in [0.25, 0.3) is 0 Å². The predicted molar refractivity (Wildman–Crippen MR) is 132 cm³/mol. The van der Waals surface area contributed by atoms with Crippen LogP contribution in [0.3, 0.4) is 0 Å². The highest BCUT2D eigenvalue weighted by atomic mass is 16.5. The number of esters is 1. The van der Waals surface area contributed by atoms with Crippen molar-refractivity contribution in [2.75, 3.05) is 13.2 Å². The van der Waals surface area contributed by atoms with E-state index >= 15 is 0 Å². The molecule has 0 saturated carbocycles. The highest BCUT2D eigenvalue weighted by Crippen LogP contribution is 2.63. The zero-order valence-corrected chi connectivity index (χ0v) is 19.2. The maximum absolute atomic E-state index is 13.8. The number of imide groups is 1. The molecule has 0 spiro atoms. The average molecular weight is 462 g/mol. The Balaban J connectivity index is 1.50. The lowest BCUT2D eigenvalue weighted by Gasteiger charge is -2.47. The van der Waals surface area contributed by atoms with E-state index in [1.165, 1.54) is 0 Å². The molecular weight excluding hydrogens is 438 g/mol. The number of nitrogens with zero attached hydrogens (tertiary/aromatic N) is 1. The molecule has 3 aliphatic carbocycles. The first-order chi connectivity index (χ1) is 17.1. The minimum absolute atomic E-state index is 0.210. The summed E-state index contributed by atoms with van der Waals surface area (Å²) in [5, 5.41) is 4.50. The number of likely N-dealkylation sites (tertiary alicyclic amines) is 1. The molecule has 0 aromatic heterocycles. The monoisotopic (exact) mass is 461 g/mol. The predicted octanol–water partition coefficient (Wildman–Crippen LogP) is 4.75. The van der Waals surface area contributed by atoms with E-state index in [1.54, 1.807) is 6.92 Å². The summed E-state index contributed by atoms with van der Waals surface area (Å²) in [5.41, 5.74) is 4.54. The van der Waals surface area contributed by atoms with Crippen LogP contribution in [0.1, 0.15) is 41.0 Å². The van der Waals surface area contributed by atoms with Crippen LogP contribution < -0.4 is 0 Å².